The van der Waals surface area contributed by atoms with E-state index in [9.17, 15) is 0 Å². The van der Waals surface area contributed by atoms with Crippen molar-refractivity contribution in [3.63, 3.8) is 0 Å². The van der Waals surface area contributed by atoms with Gasteiger partial charge in [0.1, 0.15) is 12.2 Å². The summed E-state index contributed by atoms with van der Waals surface area (Å²) in [7, 11) is 1.91. The molecule has 2 unspecified atom stereocenters. The first kappa shape index (κ1) is 11.5. The first-order chi connectivity index (χ1) is 7.66. The van der Waals surface area contributed by atoms with E-state index < -0.39 is 0 Å². The molecule has 0 bridgehead atoms. The van der Waals surface area contributed by atoms with Gasteiger partial charge in [-0.2, -0.15) is 5.10 Å². The summed E-state index contributed by atoms with van der Waals surface area (Å²) < 4.78 is 7.41. The maximum Gasteiger partial charge on any atom is 0.140 e. The molecule has 16 heavy (non-hydrogen) atoms. The van der Waals surface area contributed by atoms with Gasteiger partial charge in [-0.05, 0) is 6.92 Å². The highest BCUT2D eigenvalue weighted by atomic mass is 16.5. The molecule has 2 heterocycles. The zero-order chi connectivity index (χ0) is 11.5. The maximum absolute atomic E-state index is 5.85. The molecule has 2 atom stereocenters. The minimum Gasteiger partial charge on any atom is -0.374 e. The second-order valence-corrected chi connectivity index (χ2v) is 4.30. The third kappa shape index (κ3) is 2.58. The smallest absolute Gasteiger partial charge is 0.140 e. The van der Waals surface area contributed by atoms with Crippen LogP contribution in [0.4, 0.5) is 0 Å². The quantitative estimate of drug-likeness (QED) is 0.741. The van der Waals surface area contributed by atoms with Gasteiger partial charge in [0.15, 0.2) is 0 Å². The van der Waals surface area contributed by atoms with Gasteiger partial charge in [0.25, 0.3) is 0 Å². The summed E-state index contributed by atoms with van der Waals surface area (Å²) >= 11 is 0. The lowest BCUT2D eigenvalue weighted by atomic mass is 10.1. The zero-order valence-electron chi connectivity index (χ0n) is 9.83. The molecule has 2 N–H and O–H groups in total. The van der Waals surface area contributed by atoms with Gasteiger partial charge in [0.05, 0.1) is 19.3 Å². The molecule has 1 fully saturated rings. The summed E-state index contributed by atoms with van der Waals surface area (Å²) in [6, 6.07) is 0.0716. The average molecular weight is 225 g/mol. The Hall–Kier alpha value is -0.980. The van der Waals surface area contributed by atoms with E-state index in [1.54, 1.807) is 11.0 Å². The number of hydrogen-bond acceptors (Lipinski definition) is 5. The Morgan fingerprint density at radius 3 is 3.12 bits per heavy atom. The molecule has 6 nitrogen and oxygen atoms in total. The normalized spacial score (nSPS) is 24.6. The van der Waals surface area contributed by atoms with Gasteiger partial charge in [-0.25, -0.2) is 4.98 Å². The number of rotatable bonds is 3. The number of hydrogen-bond donors (Lipinski definition) is 1. The first-order valence-electron chi connectivity index (χ1n) is 5.59. The van der Waals surface area contributed by atoms with Crippen molar-refractivity contribution in [2.24, 2.45) is 12.8 Å². The molecule has 1 aromatic rings. The van der Waals surface area contributed by atoms with Gasteiger partial charge in [-0.15, -0.1) is 0 Å². The zero-order valence-corrected chi connectivity index (χ0v) is 9.83. The highest BCUT2D eigenvalue weighted by Crippen LogP contribution is 2.10. The highest BCUT2D eigenvalue weighted by molar-refractivity contribution is 4.86. The van der Waals surface area contributed by atoms with Crippen LogP contribution < -0.4 is 5.73 Å². The van der Waals surface area contributed by atoms with Gasteiger partial charge in [0.2, 0.25) is 0 Å². The molecule has 0 saturated carbocycles. The van der Waals surface area contributed by atoms with Gasteiger partial charge < -0.3 is 10.5 Å². The second kappa shape index (κ2) is 4.90. The van der Waals surface area contributed by atoms with Crippen LogP contribution >= 0.6 is 0 Å². The van der Waals surface area contributed by atoms with Crippen molar-refractivity contribution < 1.29 is 4.74 Å². The standard InChI is InChI=1S/C10H19N5O/c1-8(11)9-5-15(3-4-16-9)6-10-12-7-13-14(10)2/h7-9H,3-6,11H2,1-2H3. The molecule has 0 aromatic carbocycles. The van der Waals surface area contributed by atoms with Crippen LogP contribution in [0.1, 0.15) is 12.7 Å². The van der Waals surface area contributed by atoms with Crippen molar-refractivity contribution in [1.82, 2.24) is 19.7 Å². The average Bonchev–Trinajstić information content (AvgIpc) is 2.65. The molecule has 1 saturated heterocycles. The summed E-state index contributed by atoms with van der Waals surface area (Å²) in [6.07, 6.45) is 1.71. The topological polar surface area (TPSA) is 69.2 Å². The lowest BCUT2D eigenvalue weighted by Crippen LogP contribution is -2.49. The first-order valence-corrected chi connectivity index (χ1v) is 5.59. The number of aryl methyl sites for hydroxylation is 1. The summed E-state index contributed by atoms with van der Waals surface area (Å²) in [4.78, 5) is 6.52. The SMILES string of the molecule is CC(N)C1CN(Cc2ncnn2C)CCO1. The minimum atomic E-state index is 0.0716. The Bertz CT molecular complexity index is 338. The van der Waals surface area contributed by atoms with E-state index in [1.165, 1.54) is 0 Å². The number of nitrogens with zero attached hydrogens (tertiary/aromatic N) is 4. The monoisotopic (exact) mass is 225 g/mol. The Morgan fingerprint density at radius 2 is 2.50 bits per heavy atom. The number of aromatic nitrogens is 3. The van der Waals surface area contributed by atoms with E-state index in [0.29, 0.717) is 0 Å². The van der Waals surface area contributed by atoms with E-state index in [4.69, 9.17) is 10.5 Å². The minimum absolute atomic E-state index is 0.0716. The Morgan fingerprint density at radius 1 is 1.69 bits per heavy atom. The lowest BCUT2D eigenvalue weighted by molar-refractivity contribution is -0.0413. The molecule has 1 aliphatic heterocycles. The Labute approximate surface area is 95.4 Å². The molecular weight excluding hydrogens is 206 g/mol. The summed E-state index contributed by atoms with van der Waals surface area (Å²) in [5.74, 6) is 0.977. The van der Waals surface area contributed by atoms with Crippen LogP contribution in [0.5, 0.6) is 0 Å². The fourth-order valence-corrected chi connectivity index (χ4v) is 1.86. The largest absolute Gasteiger partial charge is 0.374 e. The molecular formula is C10H19N5O. The molecule has 1 aromatic heterocycles. The number of nitrogens with two attached hydrogens (primary N) is 1. The van der Waals surface area contributed by atoms with E-state index >= 15 is 0 Å². The van der Waals surface area contributed by atoms with E-state index in [0.717, 1.165) is 32.1 Å². The van der Waals surface area contributed by atoms with Crippen molar-refractivity contribution in [3.8, 4) is 0 Å². The predicted octanol–water partition coefficient (Wildman–Crippen LogP) is -0.637. The van der Waals surface area contributed by atoms with E-state index in [-0.39, 0.29) is 12.1 Å². The Balaban J connectivity index is 1.93. The van der Waals surface area contributed by atoms with Gasteiger partial charge in [-0.1, -0.05) is 0 Å². The lowest BCUT2D eigenvalue weighted by Gasteiger charge is -2.34. The van der Waals surface area contributed by atoms with Crippen molar-refractivity contribution in [3.05, 3.63) is 12.2 Å². The fraction of sp³-hybridized carbons (Fsp3) is 0.800. The molecule has 0 aliphatic carbocycles. The number of ether oxygens (including phenoxy) is 1. The Kier molecular flexibility index (Phi) is 3.52. The summed E-state index contributed by atoms with van der Waals surface area (Å²) in [5, 5.41) is 4.06. The summed E-state index contributed by atoms with van der Waals surface area (Å²) in [6.45, 7) is 5.32. The van der Waals surface area contributed by atoms with Gasteiger partial charge in [0, 0.05) is 26.2 Å². The number of morpholine rings is 1. The van der Waals surface area contributed by atoms with E-state index in [2.05, 4.69) is 15.0 Å². The second-order valence-electron chi connectivity index (χ2n) is 4.30. The van der Waals surface area contributed by atoms with Crippen LogP contribution in [0.2, 0.25) is 0 Å². The molecule has 90 valence electrons. The fourth-order valence-electron chi connectivity index (χ4n) is 1.86. The van der Waals surface area contributed by atoms with Crippen LogP contribution in [-0.2, 0) is 18.3 Å². The van der Waals surface area contributed by atoms with Gasteiger partial charge >= 0.3 is 0 Å². The van der Waals surface area contributed by atoms with Crippen molar-refractivity contribution in [2.75, 3.05) is 19.7 Å². The molecule has 0 spiro atoms. The van der Waals surface area contributed by atoms with Crippen LogP contribution in [-0.4, -0.2) is 51.5 Å². The third-order valence-electron chi connectivity index (χ3n) is 2.93. The molecule has 0 amide bonds. The van der Waals surface area contributed by atoms with Crippen LogP contribution in [0, 0.1) is 0 Å². The third-order valence-corrected chi connectivity index (χ3v) is 2.93. The van der Waals surface area contributed by atoms with E-state index in [1.807, 2.05) is 14.0 Å². The van der Waals surface area contributed by atoms with Crippen molar-refractivity contribution in [1.29, 1.82) is 0 Å². The highest BCUT2D eigenvalue weighted by Gasteiger charge is 2.24. The van der Waals surface area contributed by atoms with Crippen molar-refractivity contribution >= 4 is 0 Å². The van der Waals surface area contributed by atoms with Crippen molar-refractivity contribution in [2.45, 2.75) is 25.6 Å². The summed E-state index contributed by atoms with van der Waals surface area (Å²) in [5.41, 5.74) is 5.85. The maximum atomic E-state index is 5.85. The van der Waals surface area contributed by atoms with Crippen LogP contribution in [0.3, 0.4) is 0 Å². The molecule has 1 aliphatic rings. The molecule has 0 radical (unpaired) electrons. The molecule has 2 rings (SSSR count). The molecule has 6 heteroatoms. The van der Waals surface area contributed by atoms with Crippen LogP contribution in [0.25, 0.3) is 0 Å². The van der Waals surface area contributed by atoms with Crippen LogP contribution in [0.15, 0.2) is 6.33 Å². The van der Waals surface area contributed by atoms with Gasteiger partial charge in [-0.3, -0.25) is 9.58 Å². The predicted molar refractivity (Wildman–Crippen MR) is 59.7 cm³/mol.